The predicted octanol–water partition coefficient (Wildman–Crippen LogP) is 2.84. The van der Waals surface area contributed by atoms with Gasteiger partial charge in [0.15, 0.2) is 0 Å². The van der Waals surface area contributed by atoms with Crippen LogP contribution in [0.3, 0.4) is 0 Å². The summed E-state index contributed by atoms with van der Waals surface area (Å²) in [7, 11) is 1.66. The van der Waals surface area contributed by atoms with E-state index < -0.39 is 5.97 Å². The molecule has 0 aliphatic carbocycles. The molecule has 1 unspecified atom stereocenters. The maximum Gasteiger partial charge on any atom is 0.307 e. The van der Waals surface area contributed by atoms with Crippen LogP contribution < -0.4 is 10.1 Å². The number of rotatable bonds is 8. The molecule has 112 valence electrons. The third-order valence-electron chi connectivity index (χ3n) is 3.30. The number of benzene rings is 1. The van der Waals surface area contributed by atoms with Crippen LogP contribution in [0.2, 0.25) is 0 Å². The molecule has 20 heavy (non-hydrogen) atoms. The standard InChI is InChI=1S/C16H25NO3/c1-11(2)7-14(16(18)19)10-17-9-13-6-5-12(3)15(8-13)20-4/h5-6,8,11,14,17H,7,9-10H2,1-4H3,(H,18,19). The summed E-state index contributed by atoms with van der Waals surface area (Å²) in [5, 5.41) is 12.4. The molecule has 0 spiro atoms. The monoisotopic (exact) mass is 279 g/mol. The van der Waals surface area contributed by atoms with Crippen LogP contribution in [0, 0.1) is 18.8 Å². The van der Waals surface area contributed by atoms with E-state index in [9.17, 15) is 9.90 Å². The average Bonchev–Trinajstić information content (AvgIpc) is 2.38. The summed E-state index contributed by atoms with van der Waals surface area (Å²) in [4.78, 5) is 11.2. The lowest BCUT2D eigenvalue weighted by molar-refractivity contribution is -0.142. The number of carboxylic acids is 1. The molecule has 0 heterocycles. The minimum atomic E-state index is -0.729. The molecular formula is C16H25NO3. The van der Waals surface area contributed by atoms with Gasteiger partial charge in [0, 0.05) is 13.1 Å². The molecule has 0 aromatic heterocycles. The van der Waals surface area contributed by atoms with Crippen molar-refractivity contribution in [3.63, 3.8) is 0 Å². The number of hydrogen-bond acceptors (Lipinski definition) is 3. The minimum absolute atomic E-state index is 0.331. The number of carbonyl (C=O) groups is 1. The Kier molecular flexibility index (Phi) is 6.52. The van der Waals surface area contributed by atoms with Gasteiger partial charge < -0.3 is 15.2 Å². The fraction of sp³-hybridized carbons (Fsp3) is 0.562. The molecule has 1 aromatic carbocycles. The largest absolute Gasteiger partial charge is 0.496 e. The van der Waals surface area contributed by atoms with Gasteiger partial charge in [-0.05, 0) is 36.5 Å². The van der Waals surface area contributed by atoms with Crippen LogP contribution in [0.15, 0.2) is 18.2 Å². The quantitative estimate of drug-likeness (QED) is 0.768. The molecule has 0 saturated carbocycles. The summed E-state index contributed by atoms with van der Waals surface area (Å²) in [6.07, 6.45) is 0.694. The number of methoxy groups -OCH3 is 1. The van der Waals surface area contributed by atoms with Gasteiger partial charge >= 0.3 is 5.97 Å². The Balaban J connectivity index is 2.52. The highest BCUT2D eigenvalue weighted by molar-refractivity contribution is 5.70. The number of ether oxygens (including phenoxy) is 1. The first-order valence-corrected chi connectivity index (χ1v) is 7.01. The van der Waals surface area contributed by atoms with E-state index in [0.717, 1.165) is 16.9 Å². The zero-order chi connectivity index (χ0) is 15.1. The summed E-state index contributed by atoms with van der Waals surface area (Å²) in [5.41, 5.74) is 2.20. The fourth-order valence-corrected chi connectivity index (χ4v) is 2.21. The number of aryl methyl sites for hydroxylation is 1. The van der Waals surface area contributed by atoms with Crippen LogP contribution in [0.1, 0.15) is 31.4 Å². The van der Waals surface area contributed by atoms with E-state index in [-0.39, 0.29) is 5.92 Å². The fourth-order valence-electron chi connectivity index (χ4n) is 2.21. The van der Waals surface area contributed by atoms with Gasteiger partial charge in [-0.2, -0.15) is 0 Å². The van der Waals surface area contributed by atoms with Crippen molar-refractivity contribution in [1.29, 1.82) is 0 Å². The highest BCUT2D eigenvalue weighted by atomic mass is 16.5. The molecule has 1 atom stereocenters. The lowest BCUT2D eigenvalue weighted by atomic mass is 9.97. The van der Waals surface area contributed by atoms with Crippen molar-refractivity contribution in [2.45, 2.75) is 33.7 Å². The lowest BCUT2D eigenvalue weighted by Gasteiger charge is -2.15. The Hall–Kier alpha value is -1.55. The average molecular weight is 279 g/mol. The molecule has 4 nitrogen and oxygen atoms in total. The number of aliphatic carboxylic acids is 1. The van der Waals surface area contributed by atoms with Gasteiger partial charge in [-0.3, -0.25) is 4.79 Å². The summed E-state index contributed by atoms with van der Waals surface area (Å²) in [6, 6.07) is 6.03. The molecule has 0 fully saturated rings. The first-order valence-electron chi connectivity index (χ1n) is 7.01. The minimum Gasteiger partial charge on any atom is -0.496 e. The highest BCUT2D eigenvalue weighted by Crippen LogP contribution is 2.19. The number of hydrogen-bond donors (Lipinski definition) is 2. The van der Waals surface area contributed by atoms with Crippen molar-refractivity contribution in [1.82, 2.24) is 5.32 Å². The summed E-state index contributed by atoms with van der Waals surface area (Å²) in [5.74, 6) is 0.189. The third-order valence-corrected chi connectivity index (χ3v) is 3.30. The molecule has 4 heteroatoms. The Morgan fingerprint density at radius 2 is 2.10 bits per heavy atom. The van der Waals surface area contributed by atoms with E-state index in [0.29, 0.717) is 25.4 Å². The van der Waals surface area contributed by atoms with Crippen LogP contribution in [0.5, 0.6) is 5.75 Å². The zero-order valence-corrected chi connectivity index (χ0v) is 12.8. The van der Waals surface area contributed by atoms with Crippen LogP contribution in [-0.2, 0) is 11.3 Å². The molecule has 0 radical (unpaired) electrons. The molecular weight excluding hydrogens is 254 g/mol. The van der Waals surface area contributed by atoms with E-state index in [4.69, 9.17) is 4.74 Å². The topological polar surface area (TPSA) is 58.6 Å². The summed E-state index contributed by atoms with van der Waals surface area (Å²) < 4.78 is 5.28. The van der Waals surface area contributed by atoms with Gasteiger partial charge in [-0.25, -0.2) is 0 Å². The number of nitrogens with one attached hydrogen (secondary N) is 1. The van der Waals surface area contributed by atoms with Crippen molar-refractivity contribution in [3.05, 3.63) is 29.3 Å². The second kappa shape index (κ2) is 7.90. The third kappa shape index (κ3) is 5.21. The van der Waals surface area contributed by atoms with Crippen molar-refractivity contribution < 1.29 is 14.6 Å². The molecule has 0 aliphatic rings. The predicted molar refractivity (Wildman–Crippen MR) is 80.0 cm³/mol. The summed E-state index contributed by atoms with van der Waals surface area (Å²) in [6.45, 7) is 7.23. The van der Waals surface area contributed by atoms with Crippen LogP contribution in [0.25, 0.3) is 0 Å². The Morgan fingerprint density at radius 1 is 1.40 bits per heavy atom. The molecule has 0 saturated heterocycles. The van der Waals surface area contributed by atoms with Crippen LogP contribution >= 0.6 is 0 Å². The van der Waals surface area contributed by atoms with Crippen molar-refractivity contribution >= 4 is 5.97 Å². The summed E-state index contributed by atoms with van der Waals surface area (Å²) >= 11 is 0. The maximum absolute atomic E-state index is 11.2. The lowest BCUT2D eigenvalue weighted by Crippen LogP contribution is -2.29. The molecule has 0 aliphatic heterocycles. The van der Waals surface area contributed by atoms with E-state index in [2.05, 4.69) is 5.32 Å². The van der Waals surface area contributed by atoms with Crippen molar-refractivity contribution in [3.8, 4) is 5.75 Å². The highest BCUT2D eigenvalue weighted by Gasteiger charge is 2.18. The SMILES string of the molecule is COc1cc(CNCC(CC(C)C)C(=O)O)ccc1C. The van der Waals surface area contributed by atoms with Gasteiger partial charge in [0.1, 0.15) is 5.75 Å². The Labute approximate surface area is 121 Å². The maximum atomic E-state index is 11.2. The van der Waals surface area contributed by atoms with Crippen LogP contribution in [-0.4, -0.2) is 24.7 Å². The van der Waals surface area contributed by atoms with Crippen LogP contribution in [0.4, 0.5) is 0 Å². The second-order valence-electron chi connectivity index (χ2n) is 5.60. The van der Waals surface area contributed by atoms with Gasteiger partial charge in [-0.15, -0.1) is 0 Å². The van der Waals surface area contributed by atoms with Crippen molar-refractivity contribution in [2.75, 3.05) is 13.7 Å². The van der Waals surface area contributed by atoms with E-state index in [1.54, 1.807) is 7.11 Å². The van der Waals surface area contributed by atoms with Gasteiger partial charge in [0.05, 0.1) is 13.0 Å². The Morgan fingerprint density at radius 3 is 2.65 bits per heavy atom. The van der Waals surface area contributed by atoms with Crippen molar-refractivity contribution in [2.24, 2.45) is 11.8 Å². The van der Waals surface area contributed by atoms with E-state index >= 15 is 0 Å². The van der Waals surface area contributed by atoms with E-state index in [1.807, 2.05) is 39.0 Å². The molecule has 1 aromatic rings. The molecule has 0 amide bonds. The Bertz CT molecular complexity index is 443. The first kappa shape index (κ1) is 16.5. The molecule has 2 N–H and O–H groups in total. The van der Waals surface area contributed by atoms with Gasteiger partial charge in [-0.1, -0.05) is 26.0 Å². The normalized spacial score (nSPS) is 12.4. The zero-order valence-electron chi connectivity index (χ0n) is 12.8. The first-order chi connectivity index (χ1) is 9.43. The number of carboxylic acid groups (broad SMARTS) is 1. The smallest absolute Gasteiger partial charge is 0.307 e. The molecule has 1 rings (SSSR count). The second-order valence-corrected chi connectivity index (χ2v) is 5.60. The molecule has 0 bridgehead atoms. The van der Waals surface area contributed by atoms with Gasteiger partial charge in [0.25, 0.3) is 0 Å². The van der Waals surface area contributed by atoms with E-state index in [1.165, 1.54) is 0 Å². The van der Waals surface area contributed by atoms with Gasteiger partial charge in [0.2, 0.25) is 0 Å².